The third kappa shape index (κ3) is 4.43. The maximum absolute atomic E-state index is 12.7. The van der Waals surface area contributed by atoms with Gasteiger partial charge in [-0.3, -0.25) is 0 Å². The minimum atomic E-state index is -4.50. The lowest BCUT2D eigenvalue weighted by Gasteiger charge is -2.25. The van der Waals surface area contributed by atoms with Crippen LogP contribution >= 0.6 is 0 Å². The Bertz CT molecular complexity index is 1320. The first-order chi connectivity index (χ1) is 14.8. The van der Waals surface area contributed by atoms with Gasteiger partial charge in [0.2, 0.25) is 0 Å². The molecule has 0 fully saturated rings. The second-order valence-electron chi connectivity index (χ2n) is 6.87. The van der Waals surface area contributed by atoms with Gasteiger partial charge in [-0.05, 0) is 42.5 Å². The number of rotatable bonds is 4. The van der Waals surface area contributed by atoms with Crippen LogP contribution in [0.5, 0.6) is 0 Å². The van der Waals surface area contributed by atoms with Gasteiger partial charge in [-0.25, -0.2) is 9.64 Å². The van der Waals surface area contributed by atoms with E-state index in [4.69, 9.17) is 11.0 Å². The molecule has 31 heavy (non-hydrogen) atoms. The van der Waals surface area contributed by atoms with E-state index in [0.29, 0.717) is 16.8 Å². The van der Waals surface area contributed by atoms with Crippen LogP contribution in [-0.4, -0.2) is 6.18 Å². The molecule has 1 aromatic heterocycles. The highest BCUT2D eigenvalue weighted by Crippen LogP contribution is 2.36. The topological polar surface area (TPSA) is 37.8 Å². The molecular formula is C24H15F3N2O2. The second kappa shape index (κ2) is 8.00. The maximum Gasteiger partial charge on any atom is 0.393 e. The molecule has 0 atom stereocenters. The van der Waals surface area contributed by atoms with E-state index in [2.05, 4.69) is 4.85 Å². The number of halogens is 3. The summed E-state index contributed by atoms with van der Waals surface area (Å²) in [5.41, 5.74) is 1.51. The van der Waals surface area contributed by atoms with E-state index in [1.165, 1.54) is 6.07 Å². The van der Waals surface area contributed by atoms with Crippen LogP contribution in [0.25, 0.3) is 15.8 Å². The van der Waals surface area contributed by atoms with Crippen LogP contribution in [-0.2, 0) is 6.42 Å². The zero-order valence-corrected chi connectivity index (χ0v) is 16.1. The Morgan fingerprint density at radius 2 is 1.52 bits per heavy atom. The highest BCUT2D eigenvalue weighted by Gasteiger charge is 2.29. The van der Waals surface area contributed by atoms with Gasteiger partial charge >= 0.3 is 11.8 Å². The largest absolute Gasteiger partial charge is 0.422 e. The first kappa shape index (κ1) is 20.2. The zero-order chi connectivity index (χ0) is 22.0. The normalized spacial score (nSPS) is 11.3. The van der Waals surface area contributed by atoms with Gasteiger partial charge in [0.25, 0.3) is 0 Å². The molecule has 0 aliphatic rings. The number of hydrogen-bond donors (Lipinski definition) is 0. The highest BCUT2D eigenvalue weighted by atomic mass is 19.4. The molecule has 4 nitrogen and oxygen atoms in total. The van der Waals surface area contributed by atoms with Crippen LogP contribution in [0.3, 0.4) is 0 Å². The fourth-order valence-electron chi connectivity index (χ4n) is 3.32. The van der Waals surface area contributed by atoms with E-state index in [0.717, 1.165) is 11.4 Å². The number of hydrogen-bond acceptors (Lipinski definition) is 3. The van der Waals surface area contributed by atoms with Crippen molar-refractivity contribution in [2.45, 2.75) is 12.6 Å². The number of alkyl halides is 3. The first-order valence-electron chi connectivity index (χ1n) is 9.30. The molecule has 0 bridgehead atoms. The summed E-state index contributed by atoms with van der Waals surface area (Å²) in [4.78, 5) is 17.4. The standard InChI is InChI=1S/C24H15F3N2O2/c1-28-18-8-11-20(12-9-18)29(19-5-3-2-4-6-19)21-10-7-16-13-17(15-24(25,26)27)23(30)31-22(16)14-21/h2-14H,15H2. The lowest BCUT2D eigenvalue weighted by atomic mass is 10.1. The van der Waals surface area contributed by atoms with Crippen molar-refractivity contribution in [1.29, 1.82) is 0 Å². The summed E-state index contributed by atoms with van der Waals surface area (Å²) in [6.07, 6.45) is -5.83. The van der Waals surface area contributed by atoms with Gasteiger partial charge < -0.3 is 9.32 Å². The fourth-order valence-corrected chi connectivity index (χ4v) is 3.32. The van der Waals surface area contributed by atoms with Crippen molar-refractivity contribution in [2.24, 2.45) is 0 Å². The monoisotopic (exact) mass is 420 g/mol. The van der Waals surface area contributed by atoms with E-state index in [-0.39, 0.29) is 5.58 Å². The van der Waals surface area contributed by atoms with Gasteiger partial charge in [0.05, 0.1) is 13.0 Å². The number of para-hydroxylation sites is 1. The average molecular weight is 420 g/mol. The molecule has 0 aliphatic carbocycles. The Hall–Kier alpha value is -4.05. The van der Waals surface area contributed by atoms with Crippen LogP contribution in [0.15, 0.2) is 88.1 Å². The predicted octanol–water partition coefficient (Wildman–Crippen LogP) is 6.92. The van der Waals surface area contributed by atoms with E-state index in [1.807, 2.05) is 35.2 Å². The molecule has 4 rings (SSSR count). The Kier molecular flexibility index (Phi) is 5.22. The maximum atomic E-state index is 12.7. The molecule has 0 saturated carbocycles. The number of nitrogens with zero attached hydrogens (tertiary/aromatic N) is 2. The van der Waals surface area contributed by atoms with Gasteiger partial charge in [-0.1, -0.05) is 30.3 Å². The van der Waals surface area contributed by atoms with Crippen LogP contribution in [0.2, 0.25) is 0 Å². The summed E-state index contributed by atoms with van der Waals surface area (Å²) in [7, 11) is 0. The number of fused-ring (bicyclic) bond motifs is 1. The Labute approximate surface area is 175 Å². The summed E-state index contributed by atoms with van der Waals surface area (Å²) in [5.74, 6) is 0. The van der Waals surface area contributed by atoms with Crippen LogP contribution in [0, 0.1) is 6.57 Å². The first-order valence-corrected chi connectivity index (χ1v) is 9.30. The van der Waals surface area contributed by atoms with E-state index >= 15 is 0 Å². The molecule has 7 heteroatoms. The number of anilines is 3. The predicted molar refractivity (Wildman–Crippen MR) is 113 cm³/mol. The quantitative estimate of drug-likeness (QED) is 0.266. The molecule has 4 aromatic rings. The van der Waals surface area contributed by atoms with E-state index < -0.39 is 23.8 Å². The van der Waals surface area contributed by atoms with Crippen molar-refractivity contribution in [3.8, 4) is 0 Å². The van der Waals surface area contributed by atoms with Crippen molar-refractivity contribution in [1.82, 2.24) is 0 Å². The van der Waals surface area contributed by atoms with Crippen molar-refractivity contribution in [3.05, 3.63) is 106 Å². The molecule has 1 heterocycles. The van der Waals surface area contributed by atoms with Gasteiger partial charge in [-0.15, -0.1) is 0 Å². The average Bonchev–Trinajstić information content (AvgIpc) is 2.75. The Morgan fingerprint density at radius 3 is 2.16 bits per heavy atom. The van der Waals surface area contributed by atoms with Crippen molar-refractivity contribution in [2.75, 3.05) is 4.90 Å². The third-order valence-corrected chi connectivity index (χ3v) is 4.69. The molecule has 0 saturated heterocycles. The van der Waals surface area contributed by atoms with Crippen molar-refractivity contribution in [3.63, 3.8) is 0 Å². The second-order valence-corrected chi connectivity index (χ2v) is 6.87. The summed E-state index contributed by atoms with van der Waals surface area (Å²) in [6, 6.07) is 22.6. The SMILES string of the molecule is [C-]#[N+]c1ccc(N(c2ccccc2)c2ccc3cc(CC(F)(F)F)c(=O)oc3c2)cc1. The fraction of sp³-hybridized carbons (Fsp3) is 0.0833. The molecule has 0 amide bonds. The van der Waals surface area contributed by atoms with Crippen LogP contribution in [0.4, 0.5) is 35.9 Å². The van der Waals surface area contributed by atoms with Crippen LogP contribution < -0.4 is 10.5 Å². The van der Waals surface area contributed by atoms with Gasteiger partial charge in [0.1, 0.15) is 5.58 Å². The van der Waals surface area contributed by atoms with E-state index in [9.17, 15) is 18.0 Å². The van der Waals surface area contributed by atoms with Crippen molar-refractivity contribution < 1.29 is 17.6 Å². The molecule has 0 N–H and O–H groups in total. The molecule has 0 aliphatic heterocycles. The summed E-state index contributed by atoms with van der Waals surface area (Å²) in [5, 5.41) is 0.402. The van der Waals surface area contributed by atoms with E-state index in [1.54, 1.807) is 42.5 Å². The molecule has 0 radical (unpaired) electrons. The smallest absolute Gasteiger partial charge is 0.393 e. The molecule has 0 unspecified atom stereocenters. The van der Waals surface area contributed by atoms with Gasteiger partial charge in [0, 0.05) is 34.1 Å². The Morgan fingerprint density at radius 1 is 0.871 bits per heavy atom. The van der Waals surface area contributed by atoms with Gasteiger partial charge in [-0.2, -0.15) is 13.2 Å². The molecule has 154 valence electrons. The zero-order valence-electron chi connectivity index (χ0n) is 16.1. The minimum absolute atomic E-state index is 0.187. The lowest BCUT2D eigenvalue weighted by molar-refractivity contribution is -0.127. The van der Waals surface area contributed by atoms with Gasteiger partial charge in [0.15, 0.2) is 5.69 Å². The molecular weight excluding hydrogens is 405 g/mol. The summed E-state index contributed by atoms with van der Waals surface area (Å²) >= 11 is 0. The summed E-state index contributed by atoms with van der Waals surface area (Å²) in [6.45, 7) is 7.13. The van der Waals surface area contributed by atoms with Crippen molar-refractivity contribution >= 4 is 33.7 Å². The lowest BCUT2D eigenvalue weighted by Crippen LogP contribution is -2.18. The molecule has 3 aromatic carbocycles. The molecule has 0 spiro atoms. The third-order valence-electron chi connectivity index (χ3n) is 4.69. The van der Waals surface area contributed by atoms with Crippen LogP contribution in [0.1, 0.15) is 5.56 Å². The summed E-state index contributed by atoms with van der Waals surface area (Å²) < 4.78 is 43.4. The number of benzene rings is 3. The Balaban J connectivity index is 1.83. The highest BCUT2D eigenvalue weighted by molar-refractivity contribution is 5.86. The minimum Gasteiger partial charge on any atom is -0.422 e.